The van der Waals surface area contributed by atoms with E-state index in [0.29, 0.717) is 0 Å². The molecule has 2 heterocycles. The molecule has 3 nitrogen and oxygen atoms in total. The van der Waals surface area contributed by atoms with Crippen LogP contribution in [0.2, 0.25) is 0 Å². The predicted octanol–water partition coefficient (Wildman–Crippen LogP) is 2.43. The summed E-state index contributed by atoms with van der Waals surface area (Å²) in [4.78, 5) is 5.40. The van der Waals surface area contributed by atoms with Gasteiger partial charge in [-0.15, -0.1) is 0 Å². The number of hydrogen-bond acceptors (Lipinski definition) is 3. The molecule has 4 atom stereocenters. The molecule has 2 rings (SSSR count). The maximum Gasteiger partial charge on any atom is 0.0120 e. The van der Waals surface area contributed by atoms with E-state index in [2.05, 4.69) is 49.7 Å². The van der Waals surface area contributed by atoms with Crippen LogP contribution < -0.4 is 5.32 Å². The van der Waals surface area contributed by atoms with Gasteiger partial charge in [-0.05, 0) is 65.1 Å². The number of nitrogens with one attached hydrogen (secondary N) is 1. The van der Waals surface area contributed by atoms with Gasteiger partial charge < -0.3 is 10.2 Å². The quantitative estimate of drug-likeness (QED) is 0.835. The molecule has 118 valence electrons. The van der Waals surface area contributed by atoms with Gasteiger partial charge in [-0.3, -0.25) is 4.90 Å². The van der Waals surface area contributed by atoms with Crippen LogP contribution in [0.1, 0.15) is 47.5 Å². The lowest BCUT2D eigenvalue weighted by Crippen LogP contribution is -2.54. The zero-order chi connectivity index (χ0) is 14.7. The van der Waals surface area contributed by atoms with E-state index >= 15 is 0 Å². The summed E-state index contributed by atoms with van der Waals surface area (Å²) in [7, 11) is 0. The van der Waals surface area contributed by atoms with Crippen molar-refractivity contribution in [3.8, 4) is 0 Å². The van der Waals surface area contributed by atoms with E-state index in [4.69, 9.17) is 0 Å². The lowest BCUT2D eigenvalue weighted by Gasteiger charge is -2.44. The molecule has 0 aromatic carbocycles. The number of rotatable bonds is 5. The largest absolute Gasteiger partial charge is 0.314 e. The Labute approximate surface area is 126 Å². The zero-order valence-corrected chi connectivity index (χ0v) is 14.2. The minimum atomic E-state index is 0.718. The van der Waals surface area contributed by atoms with E-state index in [0.717, 1.165) is 36.5 Å². The average Bonchev–Trinajstić information content (AvgIpc) is 2.87. The fraction of sp³-hybridized carbons (Fsp3) is 1.00. The van der Waals surface area contributed by atoms with Crippen LogP contribution >= 0.6 is 0 Å². The molecule has 0 aromatic heterocycles. The third-order valence-electron chi connectivity index (χ3n) is 5.71. The van der Waals surface area contributed by atoms with Gasteiger partial charge in [-0.25, -0.2) is 0 Å². The van der Waals surface area contributed by atoms with Crippen molar-refractivity contribution >= 4 is 0 Å². The van der Waals surface area contributed by atoms with Crippen LogP contribution in [0.4, 0.5) is 0 Å². The fourth-order valence-corrected chi connectivity index (χ4v) is 4.06. The molecule has 0 saturated carbocycles. The molecule has 0 amide bonds. The van der Waals surface area contributed by atoms with Gasteiger partial charge in [0.1, 0.15) is 0 Å². The zero-order valence-electron chi connectivity index (χ0n) is 14.2. The van der Waals surface area contributed by atoms with E-state index < -0.39 is 0 Å². The minimum absolute atomic E-state index is 0.718. The van der Waals surface area contributed by atoms with Crippen molar-refractivity contribution in [2.24, 2.45) is 11.8 Å². The first-order valence-electron chi connectivity index (χ1n) is 8.74. The Hall–Kier alpha value is -0.120. The number of hydrogen-bond donors (Lipinski definition) is 1. The van der Waals surface area contributed by atoms with Crippen LogP contribution in [-0.4, -0.2) is 60.6 Å². The van der Waals surface area contributed by atoms with Crippen LogP contribution in [0.3, 0.4) is 0 Å². The molecule has 2 aliphatic rings. The maximum atomic E-state index is 3.67. The highest BCUT2D eigenvalue weighted by Gasteiger charge is 2.34. The third kappa shape index (κ3) is 3.75. The van der Waals surface area contributed by atoms with Crippen molar-refractivity contribution in [3.05, 3.63) is 0 Å². The summed E-state index contributed by atoms with van der Waals surface area (Å²) >= 11 is 0. The second kappa shape index (κ2) is 7.24. The number of piperidine rings is 1. The predicted molar refractivity (Wildman–Crippen MR) is 87.1 cm³/mol. The first-order chi connectivity index (χ1) is 9.52. The highest BCUT2D eigenvalue weighted by Crippen LogP contribution is 2.27. The van der Waals surface area contributed by atoms with Crippen molar-refractivity contribution < 1.29 is 0 Å². The summed E-state index contributed by atoms with van der Waals surface area (Å²) < 4.78 is 0. The molecule has 0 aliphatic carbocycles. The van der Waals surface area contributed by atoms with Gasteiger partial charge in [0.25, 0.3) is 0 Å². The maximum absolute atomic E-state index is 3.67. The molecule has 2 aliphatic heterocycles. The smallest absolute Gasteiger partial charge is 0.0120 e. The molecule has 0 aromatic rings. The normalized spacial score (nSPS) is 36.9. The summed E-state index contributed by atoms with van der Waals surface area (Å²) in [5, 5.41) is 3.67. The van der Waals surface area contributed by atoms with E-state index in [1.165, 1.54) is 39.0 Å². The van der Waals surface area contributed by atoms with Crippen molar-refractivity contribution in [1.82, 2.24) is 15.1 Å². The Kier molecular flexibility index (Phi) is 5.88. The van der Waals surface area contributed by atoms with Crippen LogP contribution in [0, 0.1) is 11.8 Å². The summed E-state index contributed by atoms with van der Waals surface area (Å²) in [6, 6.07) is 2.17. The molecule has 0 bridgehead atoms. The Morgan fingerprint density at radius 1 is 1.15 bits per heavy atom. The third-order valence-corrected chi connectivity index (χ3v) is 5.71. The average molecular weight is 281 g/mol. The van der Waals surface area contributed by atoms with Crippen molar-refractivity contribution in [3.63, 3.8) is 0 Å². The van der Waals surface area contributed by atoms with Gasteiger partial charge in [0.05, 0.1) is 0 Å². The molecular weight excluding hydrogens is 246 g/mol. The second-order valence-corrected chi connectivity index (χ2v) is 7.29. The van der Waals surface area contributed by atoms with Gasteiger partial charge in [-0.2, -0.15) is 0 Å². The lowest BCUT2D eigenvalue weighted by atomic mass is 9.86. The van der Waals surface area contributed by atoms with Crippen molar-refractivity contribution in [1.29, 1.82) is 0 Å². The fourth-order valence-electron chi connectivity index (χ4n) is 4.06. The van der Waals surface area contributed by atoms with Crippen LogP contribution in [0.25, 0.3) is 0 Å². The van der Waals surface area contributed by atoms with Gasteiger partial charge >= 0.3 is 0 Å². The van der Waals surface area contributed by atoms with E-state index in [-0.39, 0.29) is 0 Å². The highest BCUT2D eigenvalue weighted by molar-refractivity contribution is 4.90. The first-order valence-corrected chi connectivity index (χ1v) is 8.74. The van der Waals surface area contributed by atoms with Crippen LogP contribution in [-0.2, 0) is 0 Å². The van der Waals surface area contributed by atoms with Crippen LogP contribution in [0.5, 0.6) is 0 Å². The van der Waals surface area contributed by atoms with Crippen molar-refractivity contribution in [2.45, 2.75) is 65.6 Å². The summed E-state index contributed by atoms with van der Waals surface area (Å²) in [5.74, 6) is 1.66. The summed E-state index contributed by atoms with van der Waals surface area (Å²) in [6.07, 6.45) is 2.71. The first kappa shape index (κ1) is 16.3. The van der Waals surface area contributed by atoms with Gasteiger partial charge in [-0.1, -0.05) is 13.8 Å². The molecule has 2 saturated heterocycles. The van der Waals surface area contributed by atoms with E-state index in [1.807, 2.05) is 0 Å². The Morgan fingerprint density at radius 3 is 2.50 bits per heavy atom. The van der Waals surface area contributed by atoms with Crippen molar-refractivity contribution in [2.75, 3.05) is 32.7 Å². The molecule has 0 radical (unpaired) electrons. The minimum Gasteiger partial charge on any atom is -0.314 e. The van der Waals surface area contributed by atoms with Crippen LogP contribution in [0.15, 0.2) is 0 Å². The molecule has 4 unspecified atom stereocenters. The van der Waals surface area contributed by atoms with E-state index in [9.17, 15) is 0 Å². The van der Waals surface area contributed by atoms with Gasteiger partial charge in [0.15, 0.2) is 0 Å². The summed E-state index contributed by atoms with van der Waals surface area (Å²) in [5.41, 5.74) is 0. The number of likely N-dealkylation sites (tertiary alicyclic amines) is 2. The Bertz CT molecular complexity index is 292. The Morgan fingerprint density at radius 2 is 1.90 bits per heavy atom. The molecule has 0 spiro atoms. The molecule has 3 heteroatoms. The van der Waals surface area contributed by atoms with E-state index in [1.54, 1.807) is 0 Å². The number of nitrogens with zero attached hydrogens (tertiary/aromatic N) is 2. The Balaban J connectivity index is 1.82. The second-order valence-electron chi connectivity index (χ2n) is 7.29. The molecule has 20 heavy (non-hydrogen) atoms. The SMILES string of the molecule is CCNC1CCN(CC2CCN(C(C)C)C2)C(C)C1C. The molecule has 2 fully saturated rings. The van der Waals surface area contributed by atoms with Gasteiger partial charge in [0, 0.05) is 31.2 Å². The summed E-state index contributed by atoms with van der Waals surface area (Å²) in [6.45, 7) is 18.1. The standard InChI is InChI=1S/C17H35N3/c1-6-18-17-8-10-20(15(5)14(17)4)12-16-7-9-19(11-16)13(2)3/h13-18H,6-12H2,1-5H3. The highest BCUT2D eigenvalue weighted by atomic mass is 15.2. The molecular formula is C17H35N3. The van der Waals surface area contributed by atoms with Gasteiger partial charge in [0.2, 0.25) is 0 Å². The molecule has 1 N–H and O–H groups in total. The lowest BCUT2D eigenvalue weighted by molar-refractivity contribution is 0.0710. The monoisotopic (exact) mass is 281 g/mol. The topological polar surface area (TPSA) is 18.5 Å².